The molecule has 0 unspecified atom stereocenters. The number of nitrogens with two attached hydrogens (primary N) is 1. The zero-order valence-corrected chi connectivity index (χ0v) is 16.0. The van der Waals surface area contributed by atoms with Crippen LogP contribution in [-0.4, -0.2) is 47.3 Å². The summed E-state index contributed by atoms with van der Waals surface area (Å²) in [5, 5.41) is 4.80. The SMILES string of the molecule is NC(=S)NN=Cc1ccc(CN2CCN(Cc3ccc(Cl)cc3)CC2)o1. The van der Waals surface area contributed by atoms with Gasteiger partial charge in [0, 0.05) is 37.7 Å². The van der Waals surface area contributed by atoms with Crippen LogP contribution in [0.2, 0.25) is 5.02 Å². The molecule has 1 saturated heterocycles. The zero-order valence-electron chi connectivity index (χ0n) is 14.4. The first-order valence-electron chi connectivity index (χ1n) is 8.45. The summed E-state index contributed by atoms with van der Waals surface area (Å²) in [4.78, 5) is 4.85. The van der Waals surface area contributed by atoms with Gasteiger partial charge in [-0.1, -0.05) is 23.7 Å². The van der Waals surface area contributed by atoms with Gasteiger partial charge in [0.1, 0.15) is 11.5 Å². The van der Waals surface area contributed by atoms with E-state index in [1.165, 1.54) is 5.56 Å². The molecule has 0 bridgehead atoms. The minimum atomic E-state index is 0.129. The smallest absolute Gasteiger partial charge is 0.184 e. The van der Waals surface area contributed by atoms with E-state index >= 15 is 0 Å². The van der Waals surface area contributed by atoms with Crippen LogP contribution in [0.5, 0.6) is 0 Å². The van der Waals surface area contributed by atoms with Crippen molar-refractivity contribution in [3.63, 3.8) is 0 Å². The summed E-state index contributed by atoms with van der Waals surface area (Å²) in [5.41, 5.74) is 9.11. The average Bonchev–Trinajstić information content (AvgIpc) is 3.06. The molecule has 138 valence electrons. The number of piperazine rings is 1. The molecule has 1 fully saturated rings. The predicted octanol–water partition coefficient (Wildman–Crippen LogP) is 2.42. The highest BCUT2D eigenvalue weighted by Crippen LogP contribution is 2.15. The quantitative estimate of drug-likeness (QED) is 0.447. The van der Waals surface area contributed by atoms with Crippen molar-refractivity contribution in [1.29, 1.82) is 0 Å². The summed E-state index contributed by atoms with van der Waals surface area (Å²) in [6.07, 6.45) is 1.56. The number of nitrogens with one attached hydrogen (secondary N) is 1. The van der Waals surface area contributed by atoms with Crippen LogP contribution in [-0.2, 0) is 13.1 Å². The van der Waals surface area contributed by atoms with Crippen LogP contribution in [0.25, 0.3) is 0 Å². The monoisotopic (exact) mass is 391 g/mol. The maximum absolute atomic E-state index is 5.94. The van der Waals surface area contributed by atoms with E-state index < -0.39 is 0 Å². The minimum Gasteiger partial charge on any atom is -0.459 e. The fraction of sp³-hybridized carbons (Fsp3) is 0.333. The van der Waals surface area contributed by atoms with Crippen molar-refractivity contribution in [2.45, 2.75) is 13.1 Å². The molecule has 1 aromatic carbocycles. The van der Waals surface area contributed by atoms with Gasteiger partial charge >= 0.3 is 0 Å². The minimum absolute atomic E-state index is 0.129. The third kappa shape index (κ3) is 5.81. The topological polar surface area (TPSA) is 70.0 Å². The fourth-order valence-electron chi connectivity index (χ4n) is 2.88. The average molecular weight is 392 g/mol. The highest BCUT2D eigenvalue weighted by Gasteiger charge is 2.18. The molecule has 1 aliphatic heterocycles. The zero-order chi connectivity index (χ0) is 18.4. The number of hydrogen-bond donors (Lipinski definition) is 2. The standard InChI is InChI=1S/C18H22ClN5OS/c19-15-3-1-14(2-4-15)12-23-7-9-24(10-8-23)13-17-6-5-16(25-17)11-21-22-18(20)26/h1-6,11H,7-10,12-13H2,(H3,20,22,26). The molecular formula is C18H22ClN5OS. The summed E-state index contributed by atoms with van der Waals surface area (Å²) in [7, 11) is 0. The summed E-state index contributed by atoms with van der Waals surface area (Å²) in [6, 6.07) is 11.9. The van der Waals surface area contributed by atoms with Gasteiger partial charge < -0.3 is 10.2 Å². The Bertz CT molecular complexity index is 753. The highest BCUT2D eigenvalue weighted by molar-refractivity contribution is 7.80. The second-order valence-electron chi connectivity index (χ2n) is 6.22. The number of hydrazone groups is 1. The van der Waals surface area contributed by atoms with Crippen LogP contribution < -0.4 is 11.2 Å². The van der Waals surface area contributed by atoms with Crippen LogP contribution in [0.4, 0.5) is 0 Å². The molecule has 1 aliphatic rings. The maximum atomic E-state index is 5.94. The van der Waals surface area contributed by atoms with Gasteiger partial charge in [0.2, 0.25) is 0 Å². The molecular weight excluding hydrogens is 370 g/mol. The van der Waals surface area contributed by atoms with Gasteiger partial charge in [0.15, 0.2) is 5.11 Å². The summed E-state index contributed by atoms with van der Waals surface area (Å²) in [5.74, 6) is 1.60. The maximum Gasteiger partial charge on any atom is 0.184 e. The number of hydrogen-bond acceptors (Lipinski definition) is 5. The van der Waals surface area contributed by atoms with Crippen LogP contribution in [0.3, 0.4) is 0 Å². The van der Waals surface area contributed by atoms with Crippen molar-refractivity contribution in [3.05, 3.63) is 58.5 Å². The van der Waals surface area contributed by atoms with E-state index in [2.05, 4.69) is 44.7 Å². The van der Waals surface area contributed by atoms with Crippen molar-refractivity contribution in [2.75, 3.05) is 26.2 Å². The van der Waals surface area contributed by atoms with Crippen LogP contribution >= 0.6 is 23.8 Å². The lowest BCUT2D eigenvalue weighted by atomic mass is 10.2. The van der Waals surface area contributed by atoms with Gasteiger partial charge in [-0.2, -0.15) is 5.10 Å². The van der Waals surface area contributed by atoms with Gasteiger partial charge in [-0.3, -0.25) is 15.2 Å². The molecule has 0 saturated carbocycles. The molecule has 3 rings (SSSR count). The van der Waals surface area contributed by atoms with Gasteiger partial charge in [0.05, 0.1) is 12.8 Å². The Hall–Kier alpha value is -1.93. The van der Waals surface area contributed by atoms with Crippen LogP contribution in [0.15, 0.2) is 45.9 Å². The van der Waals surface area contributed by atoms with Gasteiger partial charge in [0.25, 0.3) is 0 Å². The van der Waals surface area contributed by atoms with Crippen molar-refractivity contribution >= 4 is 35.1 Å². The Balaban J connectivity index is 1.44. The molecule has 0 aliphatic carbocycles. The number of thiocarbonyl (C=S) groups is 1. The first-order valence-corrected chi connectivity index (χ1v) is 9.23. The number of rotatable bonds is 6. The molecule has 2 heterocycles. The van der Waals surface area contributed by atoms with E-state index in [0.717, 1.165) is 50.1 Å². The Morgan fingerprint density at radius 1 is 1.12 bits per heavy atom. The molecule has 0 amide bonds. The Morgan fingerprint density at radius 2 is 1.77 bits per heavy atom. The van der Waals surface area contributed by atoms with Crippen LogP contribution in [0.1, 0.15) is 17.1 Å². The van der Waals surface area contributed by atoms with E-state index in [0.29, 0.717) is 5.76 Å². The van der Waals surface area contributed by atoms with Crippen LogP contribution in [0, 0.1) is 0 Å². The first-order chi connectivity index (χ1) is 12.6. The largest absolute Gasteiger partial charge is 0.459 e. The fourth-order valence-corrected chi connectivity index (χ4v) is 3.06. The molecule has 0 radical (unpaired) electrons. The number of nitrogens with zero attached hydrogens (tertiary/aromatic N) is 3. The number of benzene rings is 1. The highest BCUT2D eigenvalue weighted by atomic mass is 35.5. The molecule has 8 heteroatoms. The van der Waals surface area contributed by atoms with Gasteiger partial charge in [-0.25, -0.2) is 0 Å². The van der Waals surface area contributed by atoms with Gasteiger partial charge in [-0.15, -0.1) is 0 Å². The molecule has 0 atom stereocenters. The molecule has 6 nitrogen and oxygen atoms in total. The summed E-state index contributed by atoms with van der Waals surface area (Å²) in [6.45, 7) is 5.86. The lowest BCUT2D eigenvalue weighted by Crippen LogP contribution is -2.45. The second kappa shape index (κ2) is 9.14. The van der Waals surface area contributed by atoms with Gasteiger partial charge in [-0.05, 0) is 42.0 Å². The second-order valence-corrected chi connectivity index (χ2v) is 7.09. The Labute approximate surface area is 163 Å². The normalized spacial score (nSPS) is 16.2. The molecule has 1 aromatic heterocycles. The van der Waals surface area contributed by atoms with Crippen molar-refractivity contribution < 1.29 is 4.42 Å². The third-order valence-corrected chi connectivity index (χ3v) is 4.56. The molecule has 0 spiro atoms. The summed E-state index contributed by atoms with van der Waals surface area (Å²) < 4.78 is 5.76. The van der Waals surface area contributed by atoms with E-state index in [-0.39, 0.29) is 5.11 Å². The van der Waals surface area contributed by atoms with Crippen molar-refractivity contribution in [2.24, 2.45) is 10.8 Å². The van der Waals surface area contributed by atoms with E-state index in [1.807, 2.05) is 24.3 Å². The Morgan fingerprint density at radius 3 is 2.42 bits per heavy atom. The predicted molar refractivity (Wildman–Crippen MR) is 108 cm³/mol. The molecule has 26 heavy (non-hydrogen) atoms. The lowest BCUT2D eigenvalue weighted by Gasteiger charge is -2.34. The summed E-state index contributed by atoms with van der Waals surface area (Å²) >= 11 is 10.6. The van der Waals surface area contributed by atoms with E-state index in [1.54, 1.807) is 6.21 Å². The third-order valence-electron chi connectivity index (χ3n) is 4.21. The molecule has 2 aromatic rings. The van der Waals surface area contributed by atoms with Crippen molar-refractivity contribution in [3.8, 4) is 0 Å². The van der Waals surface area contributed by atoms with E-state index in [9.17, 15) is 0 Å². The van der Waals surface area contributed by atoms with E-state index in [4.69, 9.17) is 21.8 Å². The number of furan rings is 1. The number of halogens is 1. The molecule has 3 N–H and O–H groups in total. The lowest BCUT2D eigenvalue weighted by molar-refractivity contribution is 0.116. The first kappa shape index (κ1) is 18.8. The van der Waals surface area contributed by atoms with Crippen molar-refractivity contribution in [1.82, 2.24) is 15.2 Å². The Kier molecular flexibility index (Phi) is 6.62.